The molecule has 0 saturated heterocycles. The highest BCUT2D eigenvalue weighted by Gasteiger charge is 2.25. The van der Waals surface area contributed by atoms with Gasteiger partial charge in [0.1, 0.15) is 17.2 Å². The quantitative estimate of drug-likeness (QED) is 0.917. The number of nitrogens with one attached hydrogen (secondary N) is 1. The summed E-state index contributed by atoms with van der Waals surface area (Å²) in [4.78, 5) is 22.4. The number of carbonyl (C=O) groups excluding carboxylic acids is 2. The first kappa shape index (κ1) is 16.9. The van der Waals surface area contributed by atoms with Crippen molar-refractivity contribution in [1.82, 2.24) is 5.32 Å². The van der Waals surface area contributed by atoms with Crippen LogP contribution in [0.1, 0.15) is 38.8 Å². The van der Waals surface area contributed by atoms with E-state index in [0.717, 1.165) is 18.2 Å². The highest BCUT2D eigenvalue weighted by atomic mass is 19.1. The molecule has 116 valence electrons. The third kappa shape index (κ3) is 5.37. The SMILES string of the molecule is CC(C)(C)OC(=O)N[C@@H](CC(=O)[O-])c1c(F)cccc1F. The molecule has 0 unspecified atom stereocenters. The highest BCUT2D eigenvalue weighted by Crippen LogP contribution is 2.23. The minimum Gasteiger partial charge on any atom is -0.550 e. The van der Waals surface area contributed by atoms with Crippen molar-refractivity contribution in [1.29, 1.82) is 0 Å². The lowest BCUT2D eigenvalue weighted by molar-refractivity contribution is -0.306. The first-order valence-corrected chi connectivity index (χ1v) is 6.23. The normalized spacial score (nSPS) is 12.6. The monoisotopic (exact) mass is 300 g/mol. The smallest absolute Gasteiger partial charge is 0.408 e. The fourth-order valence-corrected chi connectivity index (χ4v) is 1.69. The Morgan fingerprint density at radius 1 is 1.29 bits per heavy atom. The van der Waals surface area contributed by atoms with Crippen molar-refractivity contribution >= 4 is 12.1 Å². The number of rotatable bonds is 4. The Morgan fingerprint density at radius 3 is 2.24 bits per heavy atom. The van der Waals surface area contributed by atoms with Crippen LogP contribution in [0.15, 0.2) is 18.2 Å². The zero-order chi connectivity index (χ0) is 16.2. The van der Waals surface area contributed by atoms with Crippen LogP contribution in [0.4, 0.5) is 13.6 Å². The van der Waals surface area contributed by atoms with Gasteiger partial charge in [-0.3, -0.25) is 0 Å². The van der Waals surface area contributed by atoms with Gasteiger partial charge in [0.05, 0.1) is 6.04 Å². The van der Waals surface area contributed by atoms with Gasteiger partial charge in [0.2, 0.25) is 0 Å². The molecule has 1 aromatic carbocycles. The number of alkyl carbamates (subject to hydrolysis) is 1. The van der Waals surface area contributed by atoms with Crippen LogP contribution in [0.3, 0.4) is 0 Å². The lowest BCUT2D eigenvalue weighted by Gasteiger charge is -2.24. The van der Waals surface area contributed by atoms with Gasteiger partial charge < -0.3 is 20.0 Å². The van der Waals surface area contributed by atoms with Crippen LogP contribution in [0, 0.1) is 11.6 Å². The van der Waals surface area contributed by atoms with Crippen molar-refractivity contribution in [3.8, 4) is 0 Å². The molecule has 0 aliphatic carbocycles. The highest BCUT2D eigenvalue weighted by molar-refractivity contribution is 5.71. The van der Waals surface area contributed by atoms with E-state index >= 15 is 0 Å². The topological polar surface area (TPSA) is 78.5 Å². The number of carboxylic acids is 1. The Hall–Kier alpha value is -2.18. The summed E-state index contributed by atoms with van der Waals surface area (Å²) in [6.45, 7) is 4.80. The third-order valence-electron chi connectivity index (χ3n) is 2.41. The van der Waals surface area contributed by atoms with Crippen molar-refractivity contribution < 1.29 is 28.2 Å². The van der Waals surface area contributed by atoms with E-state index in [4.69, 9.17) is 4.74 Å². The molecule has 0 spiro atoms. The molecule has 0 saturated carbocycles. The Balaban J connectivity index is 3.01. The molecule has 7 heteroatoms. The van der Waals surface area contributed by atoms with Gasteiger partial charge in [-0.2, -0.15) is 0 Å². The van der Waals surface area contributed by atoms with Crippen LogP contribution in [0.5, 0.6) is 0 Å². The average molecular weight is 300 g/mol. The van der Waals surface area contributed by atoms with Crippen molar-refractivity contribution in [2.75, 3.05) is 0 Å². The number of benzene rings is 1. The molecule has 0 radical (unpaired) electrons. The molecule has 1 amide bonds. The second kappa shape index (κ2) is 6.51. The summed E-state index contributed by atoms with van der Waals surface area (Å²) >= 11 is 0. The summed E-state index contributed by atoms with van der Waals surface area (Å²) in [5, 5.41) is 12.9. The van der Waals surface area contributed by atoms with Crippen LogP contribution in [-0.2, 0) is 9.53 Å². The van der Waals surface area contributed by atoms with Gasteiger partial charge in [-0.15, -0.1) is 0 Å². The molecule has 0 aliphatic rings. The van der Waals surface area contributed by atoms with Crippen LogP contribution in [0.25, 0.3) is 0 Å². The van der Waals surface area contributed by atoms with E-state index in [2.05, 4.69) is 5.32 Å². The molecular formula is C14H16F2NO4-. The summed E-state index contributed by atoms with van der Waals surface area (Å²) < 4.78 is 32.3. The number of carboxylic acid groups (broad SMARTS) is 1. The summed E-state index contributed by atoms with van der Waals surface area (Å²) in [6.07, 6.45) is -1.76. The predicted molar refractivity (Wildman–Crippen MR) is 68.1 cm³/mol. The zero-order valence-electron chi connectivity index (χ0n) is 11.9. The predicted octanol–water partition coefficient (Wildman–Crippen LogP) is 1.67. The minimum atomic E-state index is -1.56. The molecule has 5 nitrogen and oxygen atoms in total. The minimum absolute atomic E-state index is 0.549. The lowest BCUT2D eigenvalue weighted by atomic mass is 10.0. The molecule has 1 aromatic rings. The van der Waals surface area contributed by atoms with Crippen molar-refractivity contribution in [3.63, 3.8) is 0 Å². The van der Waals surface area contributed by atoms with Crippen molar-refractivity contribution in [2.24, 2.45) is 0 Å². The van der Waals surface area contributed by atoms with E-state index in [1.165, 1.54) is 0 Å². The van der Waals surface area contributed by atoms with Crippen LogP contribution < -0.4 is 10.4 Å². The van der Waals surface area contributed by atoms with Gasteiger partial charge in [-0.1, -0.05) is 6.07 Å². The molecule has 0 heterocycles. The van der Waals surface area contributed by atoms with Gasteiger partial charge in [-0.05, 0) is 32.9 Å². The number of amides is 1. The third-order valence-corrected chi connectivity index (χ3v) is 2.41. The van der Waals surface area contributed by atoms with Gasteiger partial charge in [-0.25, -0.2) is 13.6 Å². The maximum atomic E-state index is 13.7. The molecule has 0 bridgehead atoms. The Labute approximate surface area is 120 Å². The first-order chi connectivity index (χ1) is 9.60. The molecule has 1 rings (SSSR count). The molecule has 0 aromatic heterocycles. The van der Waals surface area contributed by atoms with Crippen molar-refractivity contribution in [2.45, 2.75) is 38.8 Å². The Morgan fingerprint density at radius 2 is 1.81 bits per heavy atom. The lowest BCUT2D eigenvalue weighted by Crippen LogP contribution is -2.38. The van der Waals surface area contributed by atoms with Crippen LogP contribution in [0.2, 0.25) is 0 Å². The second-order valence-electron chi connectivity index (χ2n) is 5.41. The van der Waals surface area contributed by atoms with E-state index in [9.17, 15) is 23.5 Å². The van der Waals surface area contributed by atoms with Crippen molar-refractivity contribution in [3.05, 3.63) is 35.4 Å². The van der Waals surface area contributed by atoms with E-state index in [-0.39, 0.29) is 0 Å². The van der Waals surface area contributed by atoms with Gasteiger partial charge >= 0.3 is 6.09 Å². The number of ether oxygens (including phenoxy) is 1. The molecular weight excluding hydrogens is 284 g/mol. The maximum Gasteiger partial charge on any atom is 0.408 e. The molecule has 1 N–H and O–H groups in total. The standard InChI is InChI=1S/C14H17F2NO4/c1-14(2,3)21-13(20)17-10(7-11(18)19)12-8(15)5-4-6-9(12)16/h4-6,10H,7H2,1-3H3,(H,17,20)(H,18,19)/p-1/t10-/m0/s1. The summed E-state index contributed by atoms with van der Waals surface area (Å²) in [5.74, 6) is -3.48. The number of hydrogen-bond donors (Lipinski definition) is 1. The molecule has 0 aliphatic heterocycles. The Bertz CT molecular complexity index is 520. The van der Waals surface area contributed by atoms with Gasteiger partial charge in [0.15, 0.2) is 0 Å². The number of hydrogen-bond acceptors (Lipinski definition) is 4. The molecule has 21 heavy (non-hydrogen) atoms. The van der Waals surface area contributed by atoms with Crippen LogP contribution in [-0.4, -0.2) is 17.7 Å². The fourth-order valence-electron chi connectivity index (χ4n) is 1.69. The molecule has 1 atom stereocenters. The van der Waals surface area contributed by atoms with E-state index in [1.807, 2.05) is 0 Å². The number of halogens is 2. The number of aliphatic carboxylic acids is 1. The first-order valence-electron chi connectivity index (χ1n) is 6.23. The maximum absolute atomic E-state index is 13.7. The second-order valence-corrected chi connectivity index (χ2v) is 5.41. The van der Waals surface area contributed by atoms with E-state index in [0.29, 0.717) is 0 Å². The average Bonchev–Trinajstić information content (AvgIpc) is 2.24. The van der Waals surface area contributed by atoms with Gasteiger partial charge in [0.25, 0.3) is 0 Å². The number of carbonyl (C=O) groups is 2. The fraction of sp³-hybridized carbons (Fsp3) is 0.429. The van der Waals surface area contributed by atoms with E-state index in [1.54, 1.807) is 20.8 Å². The summed E-state index contributed by atoms with van der Waals surface area (Å²) in [6, 6.07) is 1.65. The van der Waals surface area contributed by atoms with E-state index < -0.39 is 47.3 Å². The zero-order valence-corrected chi connectivity index (χ0v) is 11.9. The van der Waals surface area contributed by atoms with Crippen LogP contribution >= 0.6 is 0 Å². The largest absolute Gasteiger partial charge is 0.550 e. The molecule has 0 fully saturated rings. The van der Waals surface area contributed by atoms with Gasteiger partial charge in [0, 0.05) is 18.0 Å². The Kier molecular flexibility index (Phi) is 5.23. The summed E-state index contributed by atoms with van der Waals surface area (Å²) in [7, 11) is 0. The summed E-state index contributed by atoms with van der Waals surface area (Å²) in [5.41, 5.74) is -1.38.